The second kappa shape index (κ2) is 5.55. The smallest absolute Gasteiger partial charge is 0.105 e. The van der Waals surface area contributed by atoms with E-state index in [9.17, 15) is 5.11 Å². The first-order valence-corrected chi connectivity index (χ1v) is 6.49. The molecule has 0 aliphatic heterocycles. The molecule has 18 heavy (non-hydrogen) atoms. The lowest BCUT2D eigenvalue weighted by molar-refractivity contribution is 0.220. The summed E-state index contributed by atoms with van der Waals surface area (Å²) < 4.78 is 0. The van der Waals surface area contributed by atoms with Crippen molar-refractivity contribution in [1.82, 2.24) is 0 Å². The Balaban J connectivity index is 2.29. The largest absolute Gasteiger partial charge is 0.384 e. The second-order valence-corrected chi connectivity index (χ2v) is 5.15. The van der Waals surface area contributed by atoms with Gasteiger partial charge in [0.05, 0.1) is 0 Å². The van der Waals surface area contributed by atoms with E-state index in [0.29, 0.717) is 10.9 Å². The molecule has 1 N–H and O–H groups in total. The number of halogens is 1. The van der Waals surface area contributed by atoms with Crippen LogP contribution in [0, 0.1) is 0 Å². The Hall–Kier alpha value is -1.31. The molecule has 0 amide bonds. The lowest BCUT2D eigenvalue weighted by atomic mass is 9.97. The van der Waals surface area contributed by atoms with Gasteiger partial charge in [0.15, 0.2) is 0 Å². The third-order valence-electron chi connectivity index (χ3n) is 3.12. The highest BCUT2D eigenvalue weighted by Crippen LogP contribution is 2.28. The van der Waals surface area contributed by atoms with E-state index in [0.717, 1.165) is 11.1 Å². The van der Waals surface area contributed by atoms with Gasteiger partial charge in [0, 0.05) is 10.6 Å². The van der Waals surface area contributed by atoms with Crippen LogP contribution in [0.2, 0.25) is 5.02 Å². The van der Waals surface area contributed by atoms with Crippen LogP contribution < -0.4 is 0 Å². The normalized spacial score (nSPS) is 12.7. The van der Waals surface area contributed by atoms with E-state index >= 15 is 0 Å². The fraction of sp³-hybridized carbons (Fsp3) is 0.250. The lowest BCUT2D eigenvalue weighted by Gasteiger charge is -2.14. The Morgan fingerprint density at radius 3 is 2.00 bits per heavy atom. The number of aliphatic hydroxyl groups excluding tert-OH is 1. The summed E-state index contributed by atoms with van der Waals surface area (Å²) in [5, 5.41) is 10.9. The van der Waals surface area contributed by atoms with Gasteiger partial charge in [-0.1, -0.05) is 67.9 Å². The molecule has 0 bridgehead atoms. The van der Waals surface area contributed by atoms with Crippen molar-refractivity contribution in [2.24, 2.45) is 0 Å². The van der Waals surface area contributed by atoms with Crippen LogP contribution in [0.1, 0.15) is 42.6 Å². The van der Waals surface area contributed by atoms with E-state index in [4.69, 9.17) is 11.6 Å². The fourth-order valence-corrected chi connectivity index (χ4v) is 2.18. The molecule has 0 unspecified atom stereocenters. The minimum atomic E-state index is -0.667. The molecule has 0 heterocycles. The quantitative estimate of drug-likeness (QED) is 0.859. The maximum absolute atomic E-state index is 10.3. The van der Waals surface area contributed by atoms with Crippen molar-refractivity contribution in [3.8, 4) is 0 Å². The van der Waals surface area contributed by atoms with Gasteiger partial charge in [0.25, 0.3) is 0 Å². The first-order valence-electron chi connectivity index (χ1n) is 6.12. The highest BCUT2D eigenvalue weighted by molar-refractivity contribution is 6.31. The first-order chi connectivity index (χ1) is 8.59. The van der Waals surface area contributed by atoms with Gasteiger partial charge in [0.1, 0.15) is 6.10 Å². The van der Waals surface area contributed by atoms with Crippen LogP contribution in [0.25, 0.3) is 0 Å². The van der Waals surface area contributed by atoms with Gasteiger partial charge in [-0.3, -0.25) is 0 Å². The molecular weight excluding hydrogens is 244 g/mol. The van der Waals surface area contributed by atoms with Crippen molar-refractivity contribution in [2.75, 3.05) is 0 Å². The summed E-state index contributed by atoms with van der Waals surface area (Å²) in [7, 11) is 0. The maximum Gasteiger partial charge on any atom is 0.105 e. The van der Waals surface area contributed by atoms with Gasteiger partial charge >= 0.3 is 0 Å². The zero-order chi connectivity index (χ0) is 13.1. The Morgan fingerprint density at radius 1 is 0.889 bits per heavy atom. The minimum absolute atomic E-state index is 0.497. The van der Waals surface area contributed by atoms with E-state index < -0.39 is 6.10 Å². The van der Waals surface area contributed by atoms with Crippen molar-refractivity contribution >= 4 is 11.6 Å². The van der Waals surface area contributed by atoms with E-state index in [-0.39, 0.29) is 0 Å². The molecule has 0 saturated heterocycles. The van der Waals surface area contributed by atoms with Gasteiger partial charge in [0.2, 0.25) is 0 Å². The molecule has 2 rings (SSSR count). The molecule has 2 aromatic rings. The number of rotatable bonds is 3. The van der Waals surface area contributed by atoms with Gasteiger partial charge in [-0.15, -0.1) is 0 Å². The molecule has 0 aliphatic rings. The molecule has 0 aromatic heterocycles. The SMILES string of the molecule is CC(C)c1ccc([C@H](O)c2ccccc2Cl)cc1. The van der Waals surface area contributed by atoms with Gasteiger partial charge in [-0.25, -0.2) is 0 Å². The topological polar surface area (TPSA) is 20.2 Å². The molecule has 0 aliphatic carbocycles. The summed E-state index contributed by atoms with van der Waals surface area (Å²) in [5.74, 6) is 0.497. The van der Waals surface area contributed by atoms with Crippen LogP contribution >= 0.6 is 11.6 Å². The Kier molecular flexibility index (Phi) is 4.05. The Bertz CT molecular complexity index is 517. The molecule has 1 nitrogen and oxygen atoms in total. The molecule has 2 heteroatoms. The van der Waals surface area contributed by atoms with Gasteiger partial charge in [-0.2, -0.15) is 0 Å². The van der Waals surface area contributed by atoms with Crippen molar-refractivity contribution in [2.45, 2.75) is 25.9 Å². The van der Waals surface area contributed by atoms with Crippen molar-refractivity contribution < 1.29 is 5.11 Å². The predicted octanol–water partition coefficient (Wildman–Crippen LogP) is 4.55. The standard InChI is InChI=1S/C16H17ClO/c1-11(2)12-7-9-13(10-8-12)16(18)14-5-3-4-6-15(14)17/h3-11,16,18H,1-2H3/t16-/m0/s1. The molecule has 0 spiro atoms. The number of hydrogen-bond acceptors (Lipinski definition) is 1. The number of benzene rings is 2. The fourth-order valence-electron chi connectivity index (χ4n) is 1.94. The van der Waals surface area contributed by atoms with Crippen LogP contribution in [0.3, 0.4) is 0 Å². The zero-order valence-corrected chi connectivity index (χ0v) is 11.4. The summed E-state index contributed by atoms with van der Waals surface area (Å²) in [6.07, 6.45) is -0.667. The summed E-state index contributed by atoms with van der Waals surface area (Å²) in [5.41, 5.74) is 2.88. The summed E-state index contributed by atoms with van der Waals surface area (Å²) in [6, 6.07) is 15.4. The average Bonchev–Trinajstić information content (AvgIpc) is 2.38. The average molecular weight is 261 g/mol. The van der Waals surface area contributed by atoms with E-state index in [2.05, 4.69) is 26.0 Å². The highest BCUT2D eigenvalue weighted by Gasteiger charge is 2.13. The molecule has 0 fully saturated rings. The third-order valence-corrected chi connectivity index (χ3v) is 3.46. The molecule has 2 aromatic carbocycles. The van der Waals surface area contributed by atoms with Gasteiger partial charge < -0.3 is 5.11 Å². The summed E-state index contributed by atoms with van der Waals surface area (Å²) in [4.78, 5) is 0. The van der Waals surface area contributed by atoms with Crippen LogP contribution in [0.4, 0.5) is 0 Å². The molecular formula is C16H17ClO. The van der Waals surface area contributed by atoms with Crippen LogP contribution in [-0.2, 0) is 0 Å². The molecule has 1 atom stereocenters. The lowest BCUT2D eigenvalue weighted by Crippen LogP contribution is -2.00. The number of hydrogen-bond donors (Lipinski definition) is 1. The van der Waals surface area contributed by atoms with Gasteiger partial charge in [-0.05, 0) is 23.1 Å². The van der Waals surface area contributed by atoms with Crippen molar-refractivity contribution in [3.05, 3.63) is 70.2 Å². The Labute approximate surface area is 113 Å². The molecule has 0 radical (unpaired) electrons. The second-order valence-electron chi connectivity index (χ2n) is 4.75. The minimum Gasteiger partial charge on any atom is -0.384 e. The van der Waals surface area contributed by atoms with Crippen LogP contribution in [0.5, 0.6) is 0 Å². The summed E-state index contributed by atoms with van der Waals surface area (Å²) in [6.45, 7) is 4.30. The van der Waals surface area contributed by atoms with E-state index in [1.807, 2.05) is 30.3 Å². The van der Waals surface area contributed by atoms with E-state index in [1.165, 1.54) is 5.56 Å². The van der Waals surface area contributed by atoms with E-state index in [1.54, 1.807) is 6.07 Å². The zero-order valence-electron chi connectivity index (χ0n) is 10.6. The van der Waals surface area contributed by atoms with Crippen molar-refractivity contribution in [1.29, 1.82) is 0 Å². The number of aliphatic hydroxyl groups is 1. The monoisotopic (exact) mass is 260 g/mol. The van der Waals surface area contributed by atoms with Crippen LogP contribution in [-0.4, -0.2) is 5.11 Å². The first kappa shape index (κ1) is 13.1. The molecule has 0 saturated carbocycles. The maximum atomic E-state index is 10.3. The predicted molar refractivity (Wildman–Crippen MR) is 76.0 cm³/mol. The Morgan fingerprint density at radius 2 is 1.44 bits per heavy atom. The summed E-state index contributed by atoms with van der Waals surface area (Å²) >= 11 is 6.09. The molecule has 94 valence electrons. The van der Waals surface area contributed by atoms with Crippen molar-refractivity contribution in [3.63, 3.8) is 0 Å². The highest BCUT2D eigenvalue weighted by atomic mass is 35.5. The third kappa shape index (κ3) is 2.74. The van der Waals surface area contributed by atoms with Crippen LogP contribution in [0.15, 0.2) is 48.5 Å².